The van der Waals surface area contributed by atoms with Gasteiger partial charge in [0.2, 0.25) is 5.88 Å². The lowest BCUT2D eigenvalue weighted by atomic mass is 10.5. The van der Waals surface area contributed by atoms with Crippen LogP contribution in [-0.4, -0.2) is 22.1 Å². The van der Waals surface area contributed by atoms with E-state index < -0.39 is 10.8 Å². The first kappa shape index (κ1) is 10.2. The van der Waals surface area contributed by atoms with E-state index >= 15 is 0 Å². The fourth-order valence-electron chi connectivity index (χ4n) is 0.829. The Balaban J connectivity index is 2.64. The molecule has 1 unspecified atom stereocenters. The molecule has 0 aliphatic carbocycles. The third-order valence-corrected chi connectivity index (χ3v) is 2.40. The van der Waals surface area contributed by atoms with Crippen LogP contribution >= 0.6 is 0 Å². The quantitative estimate of drug-likeness (QED) is 0.739. The Labute approximate surface area is 80.6 Å². The third-order valence-electron chi connectivity index (χ3n) is 1.50. The molecule has 3 nitrogen and oxygen atoms in total. The maximum Gasteiger partial charge on any atom is 0.213 e. The topological polar surface area (TPSA) is 39.2 Å². The maximum atomic E-state index is 11.0. The minimum atomic E-state index is -0.961. The average Bonchev–Trinajstić information content (AvgIpc) is 2.15. The van der Waals surface area contributed by atoms with E-state index in [0.29, 0.717) is 12.5 Å². The second kappa shape index (κ2) is 4.97. The zero-order valence-corrected chi connectivity index (χ0v) is 8.63. The molecule has 1 heterocycles. The second-order valence-corrected chi connectivity index (χ2v) is 4.01. The van der Waals surface area contributed by atoms with Crippen LogP contribution in [0.4, 0.5) is 0 Å². The van der Waals surface area contributed by atoms with Crippen molar-refractivity contribution in [3.05, 3.63) is 18.3 Å². The summed E-state index contributed by atoms with van der Waals surface area (Å²) >= 11 is 0. The van der Waals surface area contributed by atoms with Crippen molar-refractivity contribution in [2.45, 2.75) is 18.2 Å². The Bertz CT molecular complexity index is 284. The SMILES string of the molecule is CCCOc1ccc(S(C)=O)cn1. The van der Waals surface area contributed by atoms with Crippen LogP contribution in [0, 0.1) is 0 Å². The van der Waals surface area contributed by atoms with Gasteiger partial charge < -0.3 is 4.74 Å². The summed E-state index contributed by atoms with van der Waals surface area (Å²) in [5.41, 5.74) is 0. The molecule has 0 bridgehead atoms. The number of ether oxygens (including phenoxy) is 1. The monoisotopic (exact) mass is 199 g/mol. The van der Waals surface area contributed by atoms with E-state index in [1.54, 1.807) is 24.6 Å². The number of hydrogen-bond donors (Lipinski definition) is 0. The molecule has 0 N–H and O–H groups in total. The molecule has 0 amide bonds. The van der Waals surface area contributed by atoms with E-state index in [1.165, 1.54) is 0 Å². The molecule has 1 aromatic heterocycles. The maximum absolute atomic E-state index is 11.0. The van der Waals surface area contributed by atoms with Gasteiger partial charge in [-0.2, -0.15) is 0 Å². The fraction of sp³-hybridized carbons (Fsp3) is 0.444. The van der Waals surface area contributed by atoms with Crippen molar-refractivity contribution in [3.8, 4) is 5.88 Å². The van der Waals surface area contributed by atoms with Gasteiger partial charge in [0.05, 0.1) is 22.3 Å². The first-order chi connectivity index (χ1) is 6.24. The van der Waals surface area contributed by atoms with E-state index in [-0.39, 0.29) is 0 Å². The van der Waals surface area contributed by atoms with Gasteiger partial charge in [0, 0.05) is 18.5 Å². The molecule has 0 fully saturated rings. The summed E-state index contributed by atoms with van der Waals surface area (Å²) in [5, 5.41) is 0. The summed E-state index contributed by atoms with van der Waals surface area (Å²) in [6.45, 7) is 2.71. The standard InChI is InChI=1S/C9H13NO2S/c1-3-6-12-9-5-4-8(7-10-9)13(2)11/h4-5,7H,3,6H2,1-2H3. The largest absolute Gasteiger partial charge is 0.478 e. The Hall–Kier alpha value is -0.900. The van der Waals surface area contributed by atoms with Crippen molar-refractivity contribution in [2.24, 2.45) is 0 Å². The summed E-state index contributed by atoms with van der Waals surface area (Å²) < 4.78 is 16.3. The van der Waals surface area contributed by atoms with Crippen molar-refractivity contribution >= 4 is 10.8 Å². The zero-order chi connectivity index (χ0) is 9.68. The van der Waals surface area contributed by atoms with Gasteiger partial charge in [-0.3, -0.25) is 4.21 Å². The van der Waals surface area contributed by atoms with Crippen LogP contribution < -0.4 is 4.74 Å². The Morgan fingerprint density at radius 3 is 2.77 bits per heavy atom. The molecule has 0 spiro atoms. The number of hydrogen-bond acceptors (Lipinski definition) is 3. The summed E-state index contributed by atoms with van der Waals surface area (Å²) in [6.07, 6.45) is 4.17. The Kier molecular flexibility index (Phi) is 3.89. The van der Waals surface area contributed by atoms with E-state index in [2.05, 4.69) is 4.98 Å². The number of aromatic nitrogens is 1. The molecule has 0 radical (unpaired) electrons. The molecule has 13 heavy (non-hydrogen) atoms. The van der Waals surface area contributed by atoms with Crippen molar-refractivity contribution in [2.75, 3.05) is 12.9 Å². The molecule has 0 aromatic carbocycles. The number of pyridine rings is 1. The van der Waals surface area contributed by atoms with Crippen LogP contribution in [0.15, 0.2) is 23.2 Å². The van der Waals surface area contributed by atoms with E-state index in [0.717, 1.165) is 11.3 Å². The summed E-state index contributed by atoms with van der Waals surface area (Å²) in [7, 11) is -0.961. The Morgan fingerprint density at radius 1 is 1.54 bits per heavy atom. The first-order valence-electron chi connectivity index (χ1n) is 4.16. The molecular weight excluding hydrogens is 186 g/mol. The van der Waals surface area contributed by atoms with Gasteiger partial charge in [-0.25, -0.2) is 4.98 Å². The van der Waals surface area contributed by atoms with Crippen LogP contribution in [-0.2, 0) is 10.8 Å². The van der Waals surface area contributed by atoms with E-state index in [1.807, 2.05) is 6.92 Å². The zero-order valence-electron chi connectivity index (χ0n) is 7.82. The van der Waals surface area contributed by atoms with Gasteiger partial charge in [0.25, 0.3) is 0 Å². The van der Waals surface area contributed by atoms with Crippen LogP contribution in [0.1, 0.15) is 13.3 Å². The molecule has 4 heteroatoms. The van der Waals surface area contributed by atoms with E-state index in [4.69, 9.17) is 4.74 Å². The summed E-state index contributed by atoms with van der Waals surface area (Å²) in [6, 6.07) is 3.51. The van der Waals surface area contributed by atoms with Crippen LogP contribution in [0.3, 0.4) is 0 Å². The fourth-order valence-corrected chi connectivity index (χ4v) is 1.29. The lowest BCUT2D eigenvalue weighted by molar-refractivity contribution is 0.305. The highest BCUT2D eigenvalue weighted by molar-refractivity contribution is 7.84. The van der Waals surface area contributed by atoms with Gasteiger partial charge in [-0.15, -0.1) is 0 Å². The van der Waals surface area contributed by atoms with Crippen molar-refractivity contribution in [1.82, 2.24) is 4.98 Å². The van der Waals surface area contributed by atoms with Gasteiger partial charge >= 0.3 is 0 Å². The van der Waals surface area contributed by atoms with Crippen molar-refractivity contribution in [1.29, 1.82) is 0 Å². The van der Waals surface area contributed by atoms with Gasteiger partial charge in [-0.1, -0.05) is 6.92 Å². The third kappa shape index (κ3) is 3.14. The molecule has 0 aliphatic heterocycles. The summed E-state index contributed by atoms with van der Waals surface area (Å²) in [5.74, 6) is 0.594. The van der Waals surface area contributed by atoms with Crippen molar-refractivity contribution in [3.63, 3.8) is 0 Å². The molecule has 1 aromatic rings. The van der Waals surface area contributed by atoms with Gasteiger partial charge in [0.15, 0.2) is 0 Å². The molecule has 1 atom stereocenters. The van der Waals surface area contributed by atoms with Crippen LogP contribution in [0.25, 0.3) is 0 Å². The highest BCUT2D eigenvalue weighted by Crippen LogP contribution is 2.09. The average molecular weight is 199 g/mol. The lowest BCUT2D eigenvalue weighted by Crippen LogP contribution is -1.97. The molecule has 0 aliphatic rings. The second-order valence-electron chi connectivity index (χ2n) is 2.63. The van der Waals surface area contributed by atoms with Gasteiger partial charge in [0.1, 0.15) is 0 Å². The minimum absolute atomic E-state index is 0.594. The predicted octanol–water partition coefficient (Wildman–Crippen LogP) is 1.61. The summed E-state index contributed by atoms with van der Waals surface area (Å²) in [4.78, 5) is 4.75. The number of rotatable bonds is 4. The van der Waals surface area contributed by atoms with Gasteiger partial charge in [-0.05, 0) is 12.5 Å². The minimum Gasteiger partial charge on any atom is -0.478 e. The molecule has 1 rings (SSSR count). The Morgan fingerprint density at radius 2 is 2.31 bits per heavy atom. The first-order valence-corrected chi connectivity index (χ1v) is 5.72. The normalized spacial score (nSPS) is 12.5. The van der Waals surface area contributed by atoms with Crippen molar-refractivity contribution < 1.29 is 8.95 Å². The molecule has 72 valence electrons. The predicted molar refractivity (Wildman–Crippen MR) is 52.4 cm³/mol. The number of nitrogens with zero attached hydrogens (tertiary/aromatic N) is 1. The highest BCUT2D eigenvalue weighted by Gasteiger charge is 1.98. The van der Waals surface area contributed by atoms with Crippen LogP contribution in [0.2, 0.25) is 0 Å². The smallest absolute Gasteiger partial charge is 0.213 e. The lowest BCUT2D eigenvalue weighted by Gasteiger charge is -2.02. The highest BCUT2D eigenvalue weighted by atomic mass is 32.2. The molecule has 0 saturated heterocycles. The van der Waals surface area contributed by atoms with Crippen LogP contribution in [0.5, 0.6) is 5.88 Å². The molecular formula is C9H13NO2S. The molecule has 0 saturated carbocycles. The van der Waals surface area contributed by atoms with E-state index in [9.17, 15) is 4.21 Å².